The quantitative estimate of drug-likeness (QED) is 0.899. The Bertz CT molecular complexity index is 662. The highest BCUT2D eigenvalue weighted by Gasteiger charge is 2.21. The van der Waals surface area contributed by atoms with E-state index in [1.54, 1.807) is 12.1 Å². The first kappa shape index (κ1) is 13.2. The van der Waals surface area contributed by atoms with Gasteiger partial charge in [0.2, 0.25) is 0 Å². The van der Waals surface area contributed by atoms with Gasteiger partial charge in [-0.1, -0.05) is 18.2 Å². The average Bonchev–Trinajstić information content (AvgIpc) is 2.43. The van der Waals surface area contributed by atoms with Crippen LogP contribution in [0.5, 0.6) is 0 Å². The van der Waals surface area contributed by atoms with E-state index in [1.807, 2.05) is 6.07 Å². The molecule has 2 nitrogen and oxygen atoms in total. The number of hydrogen-bond donors (Lipinski definition) is 1. The minimum Gasteiger partial charge on any atom is -0.383 e. The molecule has 0 bridgehead atoms. The van der Waals surface area contributed by atoms with Crippen LogP contribution in [0.3, 0.4) is 0 Å². The van der Waals surface area contributed by atoms with Crippen LogP contribution in [0.1, 0.15) is 28.4 Å². The summed E-state index contributed by atoms with van der Waals surface area (Å²) >= 11 is 0. The number of rotatable bonds is 2. The summed E-state index contributed by atoms with van der Waals surface area (Å²) in [6, 6.07) is 10.4. The van der Waals surface area contributed by atoms with Gasteiger partial charge in [0.25, 0.3) is 0 Å². The number of halogens is 2. The molecular weight excluding hydrogens is 248 g/mol. The number of aryl methyl sites for hydroxylation is 1. The van der Waals surface area contributed by atoms with Gasteiger partial charge in [0.1, 0.15) is 17.7 Å². The minimum absolute atomic E-state index is 0.256. The summed E-state index contributed by atoms with van der Waals surface area (Å²) < 4.78 is 27.6. The summed E-state index contributed by atoms with van der Waals surface area (Å²) in [5, 5.41) is 18.9. The lowest BCUT2D eigenvalue weighted by molar-refractivity contribution is 0.208. The molecule has 0 spiro atoms. The Morgan fingerprint density at radius 3 is 2.63 bits per heavy atom. The number of nitrogens with zero attached hydrogens (tertiary/aromatic N) is 1. The molecule has 0 aromatic heterocycles. The van der Waals surface area contributed by atoms with Gasteiger partial charge in [0.15, 0.2) is 0 Å². The van der Waals surface area contributed by atoms with Crippen LogP contribution >= 0.6 is 0 Å². The molecule has 0 aliphatic carbocycles. The zero-order valence-electron chi connectivity index (χ0n) is 10.2. The van der Waals surface area contributed by atoms with Crippen LogP contribution in [0.15, 0.2) is 36.4 Å². The predicted molar refractivity (Wildman–Crippen MR) is 66.3 cm³/mol. The zero-order valence-corrected chi connectivity index (χ0v) is 10.2. The van der Waals surface area contributed by atoms with E-state index >= 15 is 0 Å². The summed E-state index contributed by atoms with van der Waals surface area (Å²) in [4.78, 5) is 0. The van der Waals surface area contributed by atoms with Gasteiger partial charge in [-0.25, -0.2) is 8.78 Å². The van der Waals surface area contributed by atoms with E-state index in [0.717, 1.165) is 6.07 Å². The second kappa shape index (κ2) is 5.17. The van der Waals surface area contributed by atoms with Crippen LogP contribution in [0.4, 0.5) is 8.78 Å². The Labute approximate surface area is 109 Å². The maximum atomic E-state index is 13.9. The molecule has 0 aliphatic heterocycles. The fourth-order valence-corrected chi connectivity index (χ4v) is 1.87. The lowest BCUT2D eigenvalue weighted by Gasteiger charge is -2.14. The van der Waals surface area contributed by atoms with Crippen molar-refractivity contribution >= 4 is 0 Å². The van der Waals surface area contributed by atoms with Gasteiger partial charge in [-0.2, -0.15) is 5.26 Å². The maximum Gasteiger partial charge on any atom is 0.135 e. The first-order chi connectivity index (χ1) is 9.04. The molecule has 1 N–H and O–H groups in total. The lowest BCUT2D eigenvalue weighted by atomic mass is 9.97. The summed E-state index contributed by atoms with van der Waals surface area (Å²) in [6.45, 7) is 1.50. The van der Waals surface area contributed by atoms with Crippen molar-refractivity contribution in [1.82, 2.24) is 0 Å². The van der Waals surface area contributed by atoms with E-state index in [4.69, 9.17) is 5.26 Å². The largest absolute Gasteiger partial charge is 0.383 e. The third-order valence-electron chi connectivity index (χ3n) is 2.92. The van der Waals surface area contributed by atoms with E-state index in [1.165, 1.54) is 25.1 Å². The van der Waals surface area contributed by atoms with Gasteiger partial charge >= 0.3 is 0 Å². The second-order valence-electron chi connectivity index (χ2n) is 4.23. The smallest absolute Gasteiger partial charge is 0.135 e. The van der Waals surface area contributed by atoms with E-state index in [-0.39, 0.29) is 11.1 Å². The molecule has 0 fully saturated rings. The summed E-state index contributed by atoms with van der Waals surface area (Å²) in [5.41, 5.74) is 0.467. The van der Waals surface area contributed by atoms with Crippen LogP contribution in [0, 0.1) is 29.9 Å². The van der Waals surface area contributed by atoms with Crippen LogP contribution in [-0.4, -0.2) is 5.11 Å². The molecule has 0 saturated heterocycles. The van der Waals surface area contributed by atoms with Crippen molar-refractivity contribution in [2.24, 2.45) is 0 Å². The maximum absolute atomic E-state index is 13.9. The second-order valence-corrected chi connectivity index (χ2v) is 4.23. The topological polar surface area (TPSA) is 44.0 Å². The number of aliphatic hydroxyl groups is 1. The SMILES string of the molecule is Cc1ccc(F)c(C(O)c2cccc(C#N)c2)c1F. The fourth-order valence-electron chi connectivity index (χ4n) is 1.87. The lowest BCUT2D eigenvalue weighted by Crippen LogP contribution is -2.07. The summed E-state index contributed by atoms with van der Waals surface area (Å²) in [5.74, 6) is -1.58. The molecule has 0 saturated carbocycles. The minimum atomic E-state index is -1.44. The van der Waals surface area contributed by atoms with Crippen molar-refractivity contribution in [3.05, 3.63) is 70.3 Å². The summed E-state index contributed by atoms with van der Waals surface area (Å²) in [6.07, 6.45) is -1.44. The molecule has 0 aliphatic rings. The average molecular weight is 259 g/mol. The molecule has 2 aromatic carbocycles. The highest BCUT2D eigenvalue weighted by molar-refractivity contribution is 5.39. The van der Waals surface area contributed by atoms with Crippen molar-refractivity contribution < 1.29 is 13.9 Å². The van der Waals surface area contributed by atoms with E-state index in [9.17, 15) is 13.9 Å². The molecule has 2 aromatic rings. The highest BCUT2D eigenvalue weighted by Crippen LogP contribution is 2.28. The van der Waals surface area contributed by atoms with Gasteiger partial charge in [0, 0.05) is 0 Å². The highest BCUT2D eigenvalue weighted by atomic mass is 19.1. The normalized spacial score (nSPS) is 11.9. The van der Waals surface area contributed by atoms with Crippen molar-refractivity contribution in [2.75, 3.05) is 0 Å². The Kier molecular flexibility index (Phi) is 3.59. The molecule has 0 amide bonds. The Morgan fingerprint density at radius 1 is 1.21 bits per heavy atom. The number of aliphatic hydroxyl groups excluding tert-OH is 1. The van der Waals surface area contributed by atoms with Crippen molar-refractivity contribution in [2.45, 2.75) is 13.0 Å². The number of hydrogen-bond acceptors (Lipinski definition) is 2. The molecule has 4 heteroatoms. The number of nitriles is 1. The van der Waals surface area contributed by atoms with Crippen molar-refractivity contribution in [3.8, 4) is 6.07 Å². The van der Waals surface area contributed by atoms with Crippen molar-refractivity contribution in [3.63, 3.8) is 0 Å². The number of benzene rings is 2. The van der Waals surface area contributed by atoms with Gasteiger partial charge in [-0.05, 0) is 36.2 Å². The van der Waals surface area contributed by atoms with E-state index in [0.29, 0.717) is 5.56 Å². The van der Waals surface area contributed by atoms with Crippen molar-refractivity contribution in [1.29, 1.82) is 5.26 Å². The van der Waals surface area contributed by atoms with Crippen LogP contribution in [-0.2, 0) is 0 Å². The van der Waals surface area contributed by atoms with Gasteiger partial charge in [0.05, 0.1) is 17.2 Å². The third-order valence-corrected chi connectivity index (χ3v) is 2.92. The van der Waals surface area contributed by atoms with Crippen LogP contribution in [0.2, 0.25) is 0 Å². The third kappa shape index (κ3) is 2.47. The molecule has 1 unspecified atom stereocenters. The van der Waals surface area contributed by atoms with E-state index in [2.05, 4.69) is 0 Å². The van der Waals surface area contributed by atoms with Gasteiger partial charge < -0.3 is 5.11 Å². The Hall–Kier alpha value is -2.25. The zero-order chi connectivity index (χ0) is 14.0. The predicted octanol–water partition coefficient (Wildman–Crippen LogP) is 3.23. The molecule has 19 heavy (non-hydrogen) atoms. The molecule has 0 heterocycles. The molecule has 1 atom stereocenters. The summed E-state index contributed by atoms with van der Waals surface area (Å²) in [7, 11) is 0. The van der Waals surface area contributed by atoms with Crippen LogP contribution < -0.4 is 0 Å². The first-order valence-electron chi connectivity index (χ1n) is 5.67. The van der Waals surface area contributed by atoms with E-state index < -0.39 is 23.3 Å². The molecule has 0 radical (unpaired) electrons. The Balaban J connectivity index is 2.53. The molecular formula is C15H11F2NO. The first-order valence-corrected chi connectivity index (χ1v) is 5.67. The van der Waals surface area contributed by atoms with Gasteiger partial charge in [-0.3, -0.25) is 0 Å². The standard InChI is InChI=1S/C15H11F2NO/c1-9-5-6-12(16)13(14(9)17)15(19)11-4-2-3-10(7-11)8-18/h2-7,15,19H,1H3. The fraction of sp³-hybridized carbons (Fsp3) is 0.133. The van der Waals surface area contributed by atoms with Gasteiger partial charge in [-0.15, -0.1) is 0 Å². The monoisotopic (exact) mass is 259 g/mol. The molecule has 2 rings (SSSR count). The Morgan fingerprint density at radius 2 is 1.95 bits per heavy atom. The molecule has 96 valence electrons. The van der Waals surface area contributed by atoms with Crippen LogP contribution in [0.25, 0.3) is 0 Å².